The van der Waals surface area contributed by atoms with Gasteiger partial charge in [0.2, 0.25) is 0 Å². The summed E-state index contributed by atoms with van der Waals surface area (Å²) in [5.41, 5.74) is 3.78. The molecule has 174 valence electrons. The van der Waals surface area contributed by atoms with Crippen LogP contribution in [0.4, 0.5) is 8.78 Å². The molecule has 0 spiro atoms. The first-order valence-electron chi connectivity index (χ1n) is 11.7. The Kier molecular flexibility index (Phi) is 8.13. The molecule has 5 heteroatoms. The summed E-state index contributed by atoms with van der Waals surface area (Å²) < 4.78 is 27.2. The standard InChI is InChI=1S/C28H31ClF2N2/c1-21(19-32-14-16-33(17-15-32)20-23-6-10-25(29)11-7-23)2-3-22-4-8-24(9-5-22)27-13-12-26(30)18-28(27)31/h4-13,18,21H,2-3,14-17,19-20H2,1H3. The number of aryl methyl sites for hydroxylation is 1. The summed E-state index contributed by atoms with van der Waals surface area (Å²) in [6.45, 7) is 8.83. The number of hydrogen-bond acceptors (Lipinski definition) is 2. The largest absolute Gasteiger partial charge is 0.301 e. The summed E-state index contributed by atoms with van der Waals surface area (Å²) in [6.07, 6.45) is 2.12. The average molecular weight is 469 g/mol. The lowest BCUT2D eigenvalue weighted by atomic mass is 9.98. The SMILES string of the molecule is CC(CCc1ccc(-c2ccc(F)cc2F)cc1)CN1CCN(Cc2ccc(Cl)cc2)CC1. The lowest BCUT2D eigenvalue weighted by molar-refractivity contribution is 0.114. The minimum absolute atomic E-state index is 0.437. The van der Waals surface area contributed by atoms with Crippen molar-refractivity contribution in [3.8, 4) is 11.1 Å². The molecular weight excluding hydrogens is 438 g/mol. The Hall–Kier alpha value is -2.27. The van der Waals surface area contributed by atoms with E-state index in [4.69, 9.17) is 11.6 Å². The zero-order valence-electron chi connectivity index (χ0n) is 19.1. The maximum atomic E-state index is 14.0. The zero-order chi connectivity index (χ0) is 23.2. The van der Waals surface area contributed by atoms with Gasteiger partial charge in [-0.05, 0) is 59.7 Å². The molecule has 0 amide bonds. The van der Waals surface area contributed by atoms with E-state index in [2.05, 4.69) is 41.0 Å². The van der Waals surface area contributed by atoms with Gasteiger partial charge in [0.25, 0.3) is 0 Å². The molecule has 4 rings (SSSR count). The second-order valence-corrected chi connectivity index (χ2v) is 9.60. The van der Waals surface area contributed by atoms with Gasteiger partial charge in [-0.3, -0.25) is 4.90 Å². The van der Waals surface area contributed by atoms with Gasteiger partial charge in [0, 0.05) is 55.9 Å². The number of rotatable bonds is 8. The zero-order valence-corrected chi connectivity index (χ0v) is 19.9. The van der Waals surface area contributed by atoms with Gasteiger partial charge in [-0.2, -0.15) is 0 Å². The molecule has 33 heavy (non-hydrogen) atoms. The third-order valence-electron chi connectivity index (χ3n) is 6.48. The number of piperazine rings is 1. The second-order valence-electron chi connectivity index (χ2n) is 9.17. The Labute approximate surface area is 200 Å². The molecule has 0 N–H and O–H groups in total. The van der Waals surface area contributed by atoms with Crippen molar-refractivity contribution >= 4 is 11.6 Å². The lowest BCUT2D eigenvalue weighted by Crippen LogP contribution is -2.47. The van der Waals surface area contributed by atoms with Crippen LogP contribution in [0.2, 0.25) is 5.02 Å². The molecule has 0 aromatic heterocycles. The highest BCUT2D eigenvalue weighted by molar-refractivity contribution is 6.30. The fraction of sp³-hybridized carbons (Fsp3) is 0.357. The summed E-state index contributed by atoms with van der Waals surface area (Å²) in [7, 11) is 0. The predicted octanol–water partition coefficient (Wildman–Crippen LogP) is 6.67. The molecule has 0 radical (unpaired) electrons. The lowest BCUT2D eigenvalue weighted by Gasteiger charge is -2.36. The number of benzene rings is 3. The molecule has 1 aliphatic rings. The van der Waals surface area contributed by atoms with Crippen LogP contribution < -0.4 is 0 Å². The second kappa shape index (κ2) is 11.2. The van der Waals surface area contributed by atoms with Crippen molar-refractivity contribution in [3.05, 3.63) is 94.5 Å². The summed E-state index contributed by atoms with van der Waals surface area (Å²) >= 11 is 5.98. The summed E-state index contributed by atoms with van der Waals surface area (Å²) in [4.78, 5) is 5.08. The van der Waals surface area contributed by atoms with Crippen LogP contribution in [0.5, 0.6) is 0 Å². The van der Waals surface area contributed by atoms with Crippen LogP contribution in [0.3, 0.4) is 0 Å². The molecule has 0 bridgehead atoms. The Morgan fingerprint density at radius 2 is 1.45 bits per heavy atom. The van der Waals surface area contributed by atoms with E-state index in [1.807, 2.05) is 24.3 Å². The van der Waals surface area contributed by atoms with Gasteiger partial charge < -0.3 is 4.90 Å². The highest BCUT2D eigenvalue weighted by Crippen LogP contribution is 2.24. The van der Waals surface area contributed by atoms with Crippen molar-refractivity contribution in [2.24, 2.45) is 5.92 Å². The van der Waals surface area contributed by atoms with Gasteiger partial charge >= 0.3 is 0 Å². The smallest absolute Gasteiger partial charge is 0.133 e. The van der Waals surface area contributed by atoms with Crippen molar-refractivity contribution in [1.82, 2.24) is 9.80 Å². The van der Waals surface area contributed by atoms with E-state index in [0.29, 0.717) is 11.5 Å². The summed E-state index contributed by atoms with van der Waals surface area (Å²) in [5, 5.41) is 0.787. The van der Waals surface area contributed by atoms with Crippen molar-refractivity contribution in [3.63, 3.8) is 0 Å². The normalized spacial score (nSPS) is 16.1. The van der Waals surface area contributed by atoms with E-state index in [0.717, 1.165) is 68.8 Å². The highest BCUT2D eigenvalue weighted by atomic mass is 35.5. The fourth-order valence-electron chi connectivity index (χ4n) is 4.50. The summed E-state index contributed by atoms with van der Waals surface area (Å²) in [6, 6.07) is 19.8. The van der Waals surface area contributed by atoms with E-state index in [9.17, 15) is 8.78 Å². The first-order valence-corrected chi connectivity index (χ1v) is 12.1. The van der Waals surface area contributed by atoms with Crippen LogP contribution in [0.1, 0.15) is 24.5 Å². The molecule has 1 unspecified atom stereocenters. The highest BCUT2D eigenvalue weighted by Gasteiger charge is 2.18. The van der Waals surface area contributed by atoms with Gasteiger partial charge in [-0.1, -0.05) is 54.9 Å². The van der Waals surface area contributed by atoms with Crippen molar-refractivity contribution < 1.29 is 8.78 Å². The van der Waals surface area contributed by atoms with Crippen LogP contribution >= 0.6 is 11.6 Å². The minimum atomic E-state index is -0.551. The first kappa shape index (κ1) is 23.9. The Morgan fingerprint density at radius 1 is 0.818 bits per heavy atom. The number of halogens is 3. The van der Waals surface area contributed by atoms with E-state index in [1.165, 1.54) is 23.3 Å². The van der Waals surface area contributed by atoms with E-state index >= 15 is 0 Å². The predicted molar refractivity (Wildman–Crippen MR) is 132 cm³/mol. The molecule has 3 aromatic rings. The topological polar surface area (TPSA) is 6.48 Å². The molecule has 1 fully saturated rings. The average Bonchev–Trinajstić information content (AvgIpc) is 2.81. The van der Waals surface area contributed by atoms with Crippen molar-refractivity contribution in [2.45, 2.75) is 26.3 Å². The molecular formula is C28H31ClF2N2. The van der Waals surface area contributed by atoms with Gasteiger partial charge in [0.05, 0.1) is 0 Å². The maximum absolute atomic E-state index is 14.0. The molecule has 0 saturated carbocycles. The number of hydrogen-bond donors (Lipinski definition) is 0. The molecule has 1 aliphatic heterocycles. The third-order valence-corrected chi connectivity index (χ3v) is 6.73. The molecule has 3 aromatic carbocycles. The molecule has 0 aliphatic carbocycles. The molecule has 1 atom stereocenters. The molecule has 2 nitrogen and oxygen atoms in total. The maximum Gasteiger partial charge on any atom is 0.133 e. The third kappa shape index (κ3) is 6.86. The Morgan fingerprint density at radius 3 is 2.12 bits per heavy atom. The molecule has 1 heterocycles. The van der Waals surface area contributed by atoms with E-state index < -0.39 is 11.6 Å². The van der Waals surface area contributed by atoms with Gasteiger partial charge in [-0.25, -0.2) is 8.78 Å². The molecule has 1 saturated heterocycles. The Bertz CT molecular complexity index is 1030. The van der Waals surface area contributed by atoms with Crippen LogP contribution in [0, 0.1) is 17.6 Å². The van der Waals surface area contributed by atoms with Crippen molar-refractivity contribution in [1.29, 1.82) is 0 Å². The van der Waals surface area contributed by atoms with Crippen molar-refractivity contribution in [2.75, 3.05) is 32.7 Å². The quantitative estimate of drug-likeness (QED) is 0.364. The van der Waals surface area contributed by atoms with Crippen LogP contribution in [-0.4, -0.2) is 42.5 Å². The van der Waals surface area contributed by atoms with Gasteiger partial charge in [0.1, 0.15) is 11.6 Å². The van der Waals surface area contributed by atoms with Gasteiger partial charge in [0.15, 0.2) is 0 Å². The van der Waals surface area contributed by atoms with Gasteiger partial charge in [-0.15, -0.1) is 0 Å². The Balaban J connectivity index is 1.20. The van der Waals surface area contributed by atoms with E-state index in [-0.39, 0.29) is 0 Å². The fourth-order valence-corrected chi connectivity index (χ4v) is 4.62. The monoisotopic (exact) mass is 468 g/mol. The number of nitrogens with zero attached hydrogens (tertiary/aromatic N) is 2. The van der Waals surface area contributed by atoms with Crippen LogP contribution in [0.15, 0.2) is 66.7 Å². The van der Waals surface area contributed by atoms with Crippen LogP contribution in [-0.2, 0) is 13.0 Å². The minimum Gasteiger partial charge on any atom is -0.301 e. The van der Waals surface area contributed by atoms with E-state index in [1.54, 1.807) is 0 Å². The van der Waals surface area contributed by atoms with Crippen LogP contribution in [0.25, 0.3) is 11.1 Å². The first-order chi connectivity index (χ1) is 16.0. The summed E-state index contributed by atoms with van der Waals surface area (Å²) in [5.74, 6) is -0.462.